The van der Waals surface area contributed by atoms with Gasteiger partial charge in [0.25, 0.3) is 0 Å². The van der Waals surface area contributed by atoms with Crippen molar-refractivity contribution in [3.05, 3.63) is 157 Å². The maximum atomic E-state index is 3.56. The summed E-state index contributed by atoms with van der Waals surface area (Å²) in [6, 6.07) is 21.5. The van der Waals surface area contributed by atoms with E-state index in [0.717, 1.165) is 75.0 Å². The van der Waals surface area contributed by atoms with Crippen LogP contribution in [0.2, 0.25) is 0 Å². The molecule has 0 radical (unpaired) electrons. The number of hydrogen-bond donors (Lipinski definition) is 3. The Morgan fingerprint density at radius 3 is 1.65 bits per heavy atom. The monoisotopic (exact) mass is 761 g/mol. The molecule has 0 amide bonds. The van der Waals surface area contributed by atoms with E-state index in [0.29, 0.717) is 0 Å². The number of aryl methyl sites for hydroxylation is 5. The van der Waals surface area contributed by atoms with Gasteiger partial charge in [0.1, 0.15) is 31.8 Å². The largest absolute Gasteiger partial charge is 0.394 e. The summed E-state index contributed by atoms with van der Waals surface area (Å²) in [6.07, 6.45) is 34.2. The molecule has 0 aliphatic rings. The fourth-order valence-corrected chi connectivity index (χ4v) is 7.62. The first-order valence-electron chi connectivity index (χ1n) is 18.9. The van der Waals surface area contributed by atoms with Gasteiger partial charge >= 0.3 is 0 Å². The van der Waals surface area contributed by atoms with E-state index in [1.807, 2.05) is 46.5 Å². The van der Waals surface area contributed by atoms with E-state index in [1.54, 1.807) is 0 Å². The van der Waals surface area contributed by atoms with Crippen molar-refractivity contribution in [2.75, 3.05) is 42.3 Å². The molecule has 0 unspecified atom stereocenters. The van der Waals surface area contributed by atoms with Gasteiger partial charge in [-0.2, -0.15) is 0 Å². The van der Waals surface area contributed by atoms with Gasteiger partial charge in [0.2, 0.25) is 12.7 Å². The minimum absolute atomic E-state index is 0.944. The lowest BCUT2D eigenvalue weighted by Gasteiger charge is -2.06. The fourth-order valence-electron chi connectivity index (χ4n) is 5.66. The minimum atomic E-state index is 0.944. The molecule has 0 aliphatic heterocycles. The van der Waals surface area contributed by atoms with Gasteiger partial charge in [-0.3, -0.25) is 0 Å². The highest BCUT2D eigenvalue weighted by atomic mass is 33.1. The predicted molar refractivity (Wildman–Crippen MR) is 231 cm³/mol. The molecule has 10 heteroatoms. The standard InChI is InChI=1S/C44H56N8S2/c1-4-39(19-24-45-2)7-8-40-11-15-43(16-12-40)46-22-5-25-49-29-31-51(37-49)33-35-53-54-36-34-52-32-30-50(38-52)26-6-23-47-44-17-13-41(14-18-44)9-10-42-20-27-48(3)28-21-42/h4,7-21,24,27-32,37-38,45-46H,5-6,22-23,25-26,33-36H2,1-3H3/q+2/p+1/b8-7+,24-19-,39-4-. The molecular weight excluding hydrogens is 705 g/mol. The molecule has 0 fully saturated rings. The molecule has 54 heavy (non-hydrogen) atoms. The number of anilines is 2. The molecule has 0 atom stereocenters. The van der Waals surface area contributed by atoms with Crippen molar-refractivity contribution in [2.24, 2.45) is 7.05 Å². The highest BCUT2D eigenvalue weighted by Gasteiger charge is 2.06. The number of nitrogens with zero attached hydrogens (tertiary/aromatic N) is 5. The zero-order valence-corrected chi connectivity index (χ0v) is 33.7. The second-order valence-corrected chi connectivity index (χ2v) is 15.8. The van der Waals surface area contributed by atoms with E-state index in [9.17, 15) is 0 Å². The van der Waals surface area contributed by atoms with Gasteiger partial charge in [-0.1, -0.05) is 76.2 Å². The summed E-state index contributed by atoms with van der Waals surface area (Å²) in [4.78, 5) is 0. The number of nitrogens with one attached hydrogen (secondary N) is 3. The van der Waals surface area contributed by atoms with Crippen LogP contribution >= 0.6 is 21.6 Å². The summed E-state index contributed by atoms with van der Waals surface area (Å²) in [7, 11) is 7.86. The van der Waals surface area contributed by atoms with Gasteiger partial charge in [0, 0.05) is 68.0 Å². The van der Waals surface area contributed by atoms with Gasteiger partial charge in [0.05, 0.1) is 26.2 Å². The van der Waals surface area contributed by atoms with Crippen LogP contribution in [-0.4, -0.2) is 40.8 Å². The molecular formula is C44H57N8S2+3. The molecule has 0 aliphatic carbocycles. The molecule has 0 saturated heterocycles. The SMILES string of the molecule is C/C=C(\C=C/NC)/C=C/c1ccc(NCCC[n+]2ccn(CCSSCCn3cc[n+](CCCNc4ccc(/C=C/c5cc[n+](C)cc5)cc4)c3)c2)cc1. The van der Waals surface area contributed by atoms with Gasteiger partial charge in [-0.25, -0.2) is 22.8 Å². The van der Waals surface area contributed by atoms with E-state index in [-0.39, 0.29) is 0 Å². The van der Waals surface area contributed by atoms with Crippen molar-refractivity contribution in [1.82, 2.24) is 14.5 Å². The third-order valence-electron chi connectivity index (χ3n) is 8.82. The van der Waals surface area contributed by atoms with Gasteiger partial charge in [-0.05, 0) is 65.7 Å². The molecule has 0 spiro atoms. The van der Waals surface area contributed by atoms with Crippen LogP contribution in [0.25, 0.3) is 18.2 Å². The van der Waals surface area contributed by atoms with Crippen molar-refractivity contribution in [3.8, 4) is 0 Å². The Morgan fingerprint density at radius 2 is 1.15 bits per heavy atom. The van der Waals surface area contributed by atoms with Crippen LogP contribution in [0.3, 0.4) is 0 Å². The number of benzene rings is 2. The van der Waals surface area contributed by atoms with Gasteiger partial charge in [0.15, 0.2) is 12.4 Å². The molecule has 2 aromatic carbocycles. The number of imidazole rings is 2. The average Bonchev–Trinajstić information content (AvgIpc) is 3.86. The van der Waals surface area contributed by atoms with Crippen LogP contribution in [0, 0.1) is 0 Å². The highest BCUT2D eigenvalue weighted by molar-refractivity contribution is 8.76. The Hall–Kier alpha value is -4.93. The summed E-state index contributed by atoms with van der Waals surface area (Å²) in [5.74, 6) is 2.19. The molecule has 0 bridgehead atoms. The predicted octanol–water partition coefficient (Wildman–Crippen LogP) is 7.64. The van der Waals surface area contributed by atoms with Crippen LogP contribution in [0.1, 0.15) is 36.5 Å². The molecule has 0 saturated carbocycles. The van der Waals surface area contributed by atoms with Crippen molar-refractivity contribution >= 4 is 51.2 Å². The quantitative estimate of drug-likeness (QED) is 0.0277. The zero-order chi connectivity index (χ0) is 37.6. The third-order valence-corrected chi connectivity index (χ3v) is 11.2. The molecule has 282 valence electrons. The average molecular weight is 762 g/mol. The van der Waals surface area contributed by atoms with Crippen LogP contribution in [0.4, 0.5) is 11.4 Å². The van der Waals surface area contributed by atoms with E-state index < -0.39 is 0 Å². The van der Waals surface area contributed by atoms with Gasteiger partial charge < -0.3 is 16.0 Å². The number of aromatic nitrogens is 5. The summed E-state index contributed by atoms with van der Waals surface area (Å²) >= 11 is 0. The number of rotatable bonds is 23. The minimum Gasteiger partial charge on any atom is -0.394 e. The van der Waals surface area contributed by atoms with Crippen LogP contribution < -0.4 is 29.7 Å². The summed E-state index contributed by atoms with van der Waals surface area (Å²) in [5.41, 5.74) is 7.09. The number of hydrogen-bond acceptors (Lipinski definition) is 5. The first kappa shape index (κ1) is 40.3. The third kappa shape index (κ3) is 14.8. The van der Waals surface area contributed by atoms with Crippen LogP contribution in [0.5, 0.6) is 0 Å². The molecule has 5 aromatic rings. The maximum absolute atomic E-state index is 3.56. The highest BCUT2D eigenvalue weighted by Crippen LogP contribution is 2.21. The smallest absolute Gasteiger partial charge is 0.243 e. The molecule has 3 heterocycles. The van der Waals surface area contributed by atoms with Crippen molar-refractivity contribution < 1.29 is 13.7 Å². The molecule has 3 aromatic heterocycles. The Morgan fingerprint density at radius 1 is 0.648 bits per heavy atom. The Bertz CT molecular complexity index is 1920. The second kappa shape index (κ2) is 23.0. The normalized spacial score (nSPS) is 12.0. The lowest BCUT2D eigenvalue weighted by Crippen LogP contribution is -2.32. The van der Waals surface area contributed by atoms with E-state index in [2.05, 4.69) is 188 Å². The van der Waals surface area contributed by atoms with Crippen molar-refractivity contribution in [3.63, 3.8) is 0 Å². The molecule has 3 N–H and O–H groups in total. The summed E-state index contributed by atoms with van der Waals surface area (Å²) in [5, 5.41) is 10.2. The Labute approximate surface area is 330 Å². The zero-order valence-electron chi connectivity index (χ0n) is 32.1. The Kier molecular flexibility index (Phi) is 17.1. The number of allylic oxidation sites excluding steroid dienone is 4. The van der Waals surface area contributed by atoms with E-state index in [1.165, 1.54) is 22.3 Å². The second-order valence-electron chi connectivity index (χ2n) is 13.1. The lowest BCUT2D eigenvalue weighted by atomic mass is 10.1. The molecule has 8 nitrogen and oxygen atoms in total. The summed E-state index contributed by atoms with van der Waals surface area (Å²) in [6.45, 7) is 8.00. The fraction of sp³-hybridized carbons (Fsp3) is 0.295. The lowest BCUT2D eigenvalue weighted by molar-refractivity contribution is -0.696. The topological polar surface area (TPSA) is 57.6 Å². The maximum Gasteiger partial charge on any atom is 0.243 e. The number of pyridine rings is 1. The van der Waals surface area contributed by atoms with E-state index >= 15 is 0 Å². The van der Waals surface area contributed by atoms with Crippen molar-refractivity contribution in [2.45, 2.75) is 45.9 Å². The molecule has 5 rings (SSSR count). The van der Waals surface area contributed by atoms with Crippen molar-refractivity contribution in [1.29, 1.82) is 0 Å². The van der Waals surface area contributed by atoms with E-state index in [4.69, 9.17) is 0 Å². The van der Waals surface area contributed by atoms with Gasteiger partial charge in [-0.15, -0.1) is 0 Å². The van der Waals surface area contributed by atoms with Crippen LogP contribution in [-0.2, 0) is 33.2 Å². The summed E-state index contributed by atoms with van der Waals surface area (Å²) < 4.78 is 11.2. The Balaban J connectivity index is 0.874. The van der Waals surface area contributed by atoms with Crippen LogP contribution in [0.15, 0.2) is 141 Å². The first-order valence-corrected chi connectivity index (χ1v) is 21.4. The first-order chi connectivity index (χ1) is 26.6.